The van der Waals surface area contributed by atoms with Crippen molar-refractivity contribution in [2.75, 3.05) is 11.9 Å². The standard InChI is InChI=1S/C27H29N9O/c1-16(2)35-23(37)19-14-30-25(32-18-5-6-20-17(13-18)7-12-31-26(20,3)4)34-22(19)36(35)21-8-11-29-24(33-21)27(15-28)9-10-27/h5-6,8,11,13-14,16,31H,7,9-10,12H2,1-4H3,(H,30,32,34). The molecular formula is C27H29N9O. The van der Waals surface area contributed by atoms with Gasteiger partial charge < -0.3 is 10.6 Å². The Hall–Kier alpha value is -4.10. The van der Waals surface area contributed by atoms with Crippen LogP contribution in [0.1, 0.15) is 63.5 Å². The van der Waals surface area contributed by atoms with Crippen LogP contribution in [-0.2, 0) is 17.4 Å². The first-order valence-corrected chi connectivity index (χ1v) is 12.6. The SMILES string of the molecule is CC(C)n1c(=O)c2cnc(Nc3ccc4c(c3)CCNC4(C)C)nc2n1-c1ccnc(C2(C#N)CC2)n1. The van der Waals surface area contributed by atoms with E-state index < -0.39 is 5.41 Å². The summed E-state index contributed by atoms with van der Waals surface area (Å²) in [6.45, 7) is 9.18. The summed E-state index contributed by atoms with van der Waals surface area (Å²) < 4.78 is 3.34. The van der Waals surface area contributed by atoms with Crippen molar-refractivity contribution in [3.05, 3.63) is 64.0 Å². The molecule has 1 saturated carbocycles. The van der Waals surface area contributed by atoms with Crippen LogP contribution in [0.15, 0.2) is 41.5 Å². The van der Waals surface area contributed by atoms with Crippen LogP contribution in [-0.4, -0.2) is 35.8 Å². The number of hydrogen-bond acceptors (Lipinski definition) is 8. The maximum Gasteiger partial charge on any atom is 0.278 e. The summed E-state index contributed by atoms with van der Waals surface area (Å²) in [4.78, 5) is 31.6. The van der Waals surface area contributed by atoms with Crippen LogP contribution in [0.4, 0.5) is 11.6 Å². The van der Waals surface area contributed by atoms with Crippen LogP contribution in [0.25, 0.3) is 16.9 Å². The maximum absolute atomic E-state index is 13.3. The molecule has 10 nitrogen and oxygen atoms in total. The minimum atomic E-state index is -0.639. The highest BCUT2D eigenvalue weighted by atomic mass is 16.1. The molecule has 10 heteroatoms. The third-order valence-electron chi connectivity index (χ3n) is 7.36. The Labute approximate surface area is 214 Å². The summed E-state index contributed by atoms with van der Waals surface area (Å²) in [5.41, 5.74) is 3.01. The van der Waals surface area contributed by atoms with Gasteiger partial charge in [-0.25, -0.2) is 24.3 Å². The number of aromatic nitrogens is 6. The lowest BCUT2D eigenvalue weighted by Gasteiger charge is -2.34. The van der Waals surface area contributed by atoms with Gasteiger partial charge in [0.15, 0.2) is 17.3 Å². The lowest BCUT2D eigenvalue weighted by Crippen LogP contribution is -2.42. The molecule has 0 atom stereocenters. The van der Waals surface area contributed by atoms with Crippen LogP contribution < -0.4 is 16.2 Å². The highest BCUT2D eigenvalue weighted by Gasteiger charge is 2.48. The molecule has 1 aliphatic heterocycles. The highest BCUT2D eigenvalue weighted by molar-refractivity contribution is 5.77. The molecule has 0 spiro atoms. The minimum absolute atomic E-state index is 0.0711. The second-order valence-corrected chi connectivity index (χ2v) is 10.7. The van der Waals surface area contributed by atoms with E-state index in [9.17, 15) is 10.1 Å². The molecule has 1 aromatic carbocycles. The quantitative estimate of drug-likeness (QED) is 0.430. The van der Waals surface area contributed by atoms with Gasteiger partial charge in [-0.3, -0.25) is 4.79 Å². The van der Waals surface area contributed by atoms with E-state index in [1.165, 1.54) is 11.1 Å². The third kappa shape index (κ3) is 3.78. The molecule has 2 N–H and O–H groups in total. The van der Waals surface area contributed by atoms with E-state index >= 15 is 0 Å². The Morgan fingerprint density at radius 3 is 2.70 bits per heavy atom. The van der Waals surface area contributed by atoms with E-state index in [0.29, 0.717) is 28.6 Å². The topological polar surface area (TPSA) is 126 Å². The van der Waals surface area contributed by atoms with E-state index in [1.807, 2.05) is 19.9 Å². The largest absolute Gasteiger partial charge is 0.324 e. The van der Waals surface area contributed by atoms with Crippen molar-refractivity contribution in [1.29, 1.82) is 5.26 Å². The molecule has 188 valence electrons. The summed E-state index contributed by atoms with van der Waals surface area (Å²) in [7, 11) is 0. The van der Waals surface area contributed by atoms with Gasteiger partial charge in [0, 0.05) is 35.7 Å². The van der Waals surface area contributed by atoms with Gasteiger partial charge in [0.05, 0.1) is 6.07 Å². The lowest BCUT2D eigenvalue weighted by molar-refractivity contribution is 0.382. The fourth-order valence-electron chi connectivity index (χ4n) is 5.18. The van der Waals surface area contributed by atoms with Crippen molar-refractivity contribution in [3.63, 3.8) is 0 Å². The molecule has 1 fully saturated rings. The lowest BCUT2D eigenvalue weighted by atomic mass is 9.85. The fourth-order valence-corrected chi connectivity index (χ4v) is 5.18. The number of nitrogens with one attached hydrogen (secondary N) is 2. The number of fused-ring (bicyclic) bond motifs is 2. The van der Waals surface area contributed by atoms with Crippen molar-refractivity contribution >= 4 is 22.7 Å². The predicted molar refractivity (Wildman–Crippen MR) is 140 cm³/mol. The minimum Gasteiger partial charge on any atom is -0.324 e. The van der Waals surface area contributed by atoms with Crippen LogP contribution in [0, 0.1) is 11.3 Å². The van der Waals surface area contributed by atoms with Crippen molar-refractivity contribution in [3.8, 4) is 11.9 Å². The normalized spacial score (nSPS) is 17.4. The Kier molecular flexibility index (Phi) is 5.17. The Balaban J connectivity index is 1.45. The van der Waals surface area contributed by atoms with E-state index in [4.69, 9.17) is 9.97 Å². The Bertz CT molecular complexity index is 1640. The highest BCUT2D eigenvalue weighted by Crippen LogP contribution is 2.45. The summed E-state index contributed by atoms with van der Waals surface area (Å²) in [6, 6.07) is 10.2. The number of nitrogens with zero attached hydrogens (tertiary/aromatic N) is 7. The molecule has 6 rings (SSSR count). The molecule has 1 aliphatic carbocycles. The van der Waals surface area contributed by atoms with Crippen LogP contribution >= 0.6 is 0 Å². The van der Waals surface area contributed by atoms with Gasteiger partial charge >= 0.3 is 0 Å². The first-order valence-electron chi connectivity index (χ1n) is 12.6. The molecule has 4 aromatic rings. The number of benzene rings is 1. The molecule has 0 bridgehead atoms. The van der Waals surface area contributed by atoms with Gasteiger partial charge in [0.25, 0.3) is 5.56 Å². The van der Waals surface area contributed by atoms with Crippen LogP contribution in [0.2, 0.25) is 0 Å². The fraction of sp³-hybridized carbons (Fsp3) is 0.407. The Morgan fingerprint density at radius 1 is 1.16 bits per heavy atom. The molecule has 0 radical (unpaired) electrons. The van der Waals surface area contributed by atoms with Gasteiger partial charge in [0.1, 0.15) is 10.8 Å². The predicted octanol–water partition coefficient (Wildman–Crippen LogP) is 3.63. The summed E-state index contributed by atoms with van der Waals surface area (Å²) in [5, 5.41) is 16.9. The van der Waals surface area contributed by atoms with E-state index in [0.717, 1.165) is 31.5 Å². The molecule has 0 saturated heterocycles. The molecule has 4 heterocycles. The second kappa shape index (κ2) is 8.21. The van der Waals surface area contributed by atoms with Crippen LogP contribution in [0.3, 0.4) is 0 Å². The van der Waals surface area contributed by atoms with Crippen molar-refractivity contribution < 1.29 is 0 Å². The second-order valence-electron chi connectivity index (χ2n) is 10.7. The van der Waals surface area contributed by atoms with Gasteiger partial charge in [-0.2, -0.15) is 10.2 Å². The number of anilines is 2. The molecule has 37 heavy (non-hydrogen) atoms. The van der Waals surface area contributed by atoms with Crippen LogP contribution in [0.5, 0.6) is 0 Å². The zero-order valence-corrected chi connectivity index (χ0v) is 21.4. The number of nitriles is 1. The third-order valence-corrected chi connectivity index (χ3v) is 7.36. The zero-order chi connectivity index (χ0) is 25.9. The van der Waals surface area contributed by atoms with Gasteiger partial charge in [0.2, 0.25) is 5.95 Å². The van der Waals surface area contributed by atoms with Crippen molar-refractivity contribution in [2.45, 2.75) is 64.0 Å². The molecular weight excluding hydrogens is 466 g/mol. The van der Waals surface area contributed by atoms with Crippen molar-refractivity contribution in [1.82, 2.24) is 34.6 Å². The van der Waals surface area contributed by atoms with E-state index in [-0.39, 0.29) is 17.1 Å². The summed E-state index contributed by atoms with van der Waals surface area (Å²) in [5.74, 6) is 1.37. The van der Waals surface area contributed by atoms with Gasteiger partial charge in [-0.1, -0.05) is 6.07 Å². The first-order chi connectivity index (χ1) is 17.7. The Morgan fingerprint density at radius 2 is 1.97 bits per heavy atom. The average Bonchev–Trinajstić information content (AvgIpc) is 3.62. The average molecular weight is 496 g/mol. The maximum atomic E-state index is 13.3. The molecule has 3 aromatic heterocycles. The number of hydrogen-bond donors (Lipinski definition) is 2. The smallest absolute Gasteiger partial charge is 0.278 e. The van der Waals surface area contributed by atoms with Crippen molar-refractivity contribution in [2.24, 2.45) is 0 Å². The van der Waals surface area contributed by atoms with E-state index in [1.54, 1.807) is 27.8 Å². The molecule has 2 aliphatic rings. The summed E-state index contributed by atoms with van der Waals surface area (Å²) >= 11 is 0. The molecule has 0 amide bonds. The summed E-state index contributed by atoms with van der Waals surface area (Å²) in [6.07, 6.45) is 5.62. The zero-order valence-electron chi connectivity index (χ0n) is 21.4. The van der Waals surface area contributed by atoms with Gasteiger partial charge in [-0.15, -0.1) is 0 Å². The first kappa shape index (κ1) is 23.3. The van der Waals surface area contributed by atoms with E-state index in [2.05, 4.69) is 52.7 Å². The monoisotopic (exact) mass is 495 g/mol. The van der Waals surface area contributed by atoms with Gasteiger partial charge in [-0.05, 0) is 76.8 Å². The molecule has 0 unspecified atom stereocenters. The number of rotatable bonds is 5.